The number of methoxy groups -OCH3 is 1. The molecule has 0 aliphatic carbocycles. The minimum atomic E-state index is -3.85. The number of sulfonamides is 1. The van der Waals surface area contributed by atoms with Crippen molar-refractivity contribution in [2.45, 2.75) is 11.8 Å². The number of aromatic carboxylic acids is 1. The van der Waals surface area contributed by atoms with E-state index in [1.54, 1.807) is 6.92 Å². The van der Waals surface area contributed by atoms with E-state index < -0.39 is 16.0 Å². The Bertz CT molecular complexity index is 864. The van der Waals surface area contributed by atoms with Crippen LogP contribution in [0.3, 0.4) is 0 Å². The van der Waals surface area contributed by atoms with Crippen LogP contribution in [0.25, 0.3) is 0 Å². The first-order chi connectivity index (χ1) is 10.7. The van der Waals surface area contributed by atoms with Gasteiger partial charge in [0.05, 0.1) is 28.3 Å². The van der Waals surface area contributed by atoms with Gasteiger partial charge in [0, 0.05) is 0 Å². The van der Waals surface area contributed by atoms with Gasteiger partial charge in [0.1, 0.15) is 5.75 Å². The van der Waals surface area contributed by atoms with Gasteiger partial charge in [-0.2, -0.15) is 0 Å². The highest BCUT2D eigenvalue weighted by Crippen LogP contribution is 2.28. The fourth-order valence-electron chi connectivity index (χ4n) is 1.93. The Labute approximate surface area is 138 Å². The zero-order chi connectivity index (χ0) is 17.2. The van der Waals surface area contributed by atoms with E-state index in [9.17, 15) is 13.2 Å². The number of carbonyl (C=O) groups is 1. The van der Waals surface area contributed by atoms with Gasteiger partial charge in [-0.15, -0.1) is 0 Å². The normalized spacial score (nSPS) is 11.1. The van der Waals surface area contributed by atoms with E-state index >= 15 is 0 Å². The number of ether oxygens (including phenoxy) is 1. The average molecular weight is 356 g/mol. The lowest BCUT2D eigenvalue weighted by atomic mass is 10.1. The van der Waals surface area contributed by atoms with Gasteiger partial charge in [0.15, 0.2) is 0 Å². The van der Waals surface area contributed by atoms with Gasteiger partial charge in [-0.05, 0) is 48.9 Å². The molecular weight excluding hydrogens is 342 g/mol. The average Bonchev–Trinajstić information content (AvgIpc) is 2.48. The van der Waals surface area contributed by atoms with Crippen LogP contribution in [0.4, 0.5) is 5.69 Å². The van der Waals surface area contributed by atoms with Crippen molar-refractivity contribution in [3.05, 3.63) is 52.5 Å². The highest BCUT2D eigenvalue weighted by atomic mass is 35.5. The minimum Gasteiger partial charge on any atom is -0.495 e. The van der Waals surface area contributed by atoms with Gasteiger partial charge >= 0.3 is 5.97 Å². The number of nitrogens with one attached hydrogen (secondary N) is 1. The molecule has 0 spiro atoms. The molecule has 2 rings (SSSR count). The van der Waals surface area contributed by atoms with Gasteiger partial charge < -0.3 is 9.84 Å². The summed E-state index contributed by atoms with van der Waals surface area (Å²) in [6.07, 6.45) is 0. The second kappa shape index (κ2) is 6.47. The van der Waals surface area contributed by atoms with Crippen molar-refractivity contribution in [1.29, 1.82) is 0 Å². The maximum atomic E-state index is 12.4. The summed E-state index contributed by atoms with van der Waals surface area (Å²) >= 11 is 5.94. The highest BCUT2D eigenvalue weighted by molar-refractivity contribution is 7.92. The molecule has 0 aliphatic heterocycles. The maximum absolute atomic E-state index is 12.4. The second-order valence-electron chi connectivity index (χ2n) is 4.74. The van der Waals surface area contributed by atoms with Crippen molar-refractivity contribution >= 4 is 33.3 Å². The van der Waals surface area contributed by atoms with Crippen LogP contribution in [0.15, 0.2) is 41.3 Å². The number of aryl methyl sites for hydroxylation is 1. The molecule has 0 fully saturated rings. The number of carboxylic acids is 1. The van der Waals surface area contributed by atoms with Crippen LogP contribution in [-0.4, -0.2) is 26.6 Å². The van der Waals surface area contributed by atoms with Gasteiger partial charge in [-0.25, -0.2) is 13.2 Å². The summed E-state index contributed by atoms with van der Waals surface area (Å²) in [5.74, 6) is -0.711. The van der Waals surface area contributed by atoms with Crippen molar-refractivity contribution in [3.63, 3.8) is 0 Å². The van der Waals surface area contributed by atoms with Crippen molar-refractivity contribution in [2.24, 2.45) is 0 Å². The number of rotatable bonds is 5. The molecule has 2 aromatic carbocycles. The van der Waals surface area contributed by atoms with Crippen molar-refractivity contribution in [3.8, 4) is 5.75 Å². The molecule has 0 heterocycles. The smallest absolute Gasteiger partial charge is 0.335 e. The fraction of sp³-hybridized carbons (Fsp3) is 0.133. The molecule has 23 heavy (non-hydrogen) atoms. The molecule has 0 amide bonds. The number of anilines is 1. The summed E-state index contributed by atoms with van der Waals surface area (Å²) < 4.78 is 32.2. The summed E-state index contributed by atoms with van der Waals surface area (Å²) in [6, 6.07) is 8.23. The Kier molecular flexibility index (Phi) is 4.82. The lowest BCUT2D eigenvalue weighted by Gasteiger charge is -2.12. The third-order valence-electron chi connectivity index (χ3n) is 3.15. The van der Waals surface area contributed by atoms with Crippen LogP contribution in [-0.2, 0) is 10.0 Å². The molecule has 0 atom stereocenters. The zero-order valence-electron chi connectivity index (χ0n) is 12.3. The lowest BCUT2D eigenvalue weighted by molar-refractivity contribution is 0.0697. The molecule has 8 heteroatoms. The predicted octanol–water partition coefficient (Wildman–Crippen LogP) is 3.16. The van der Waals surface area contributed by atoms with Crippen molar-refractivity contribution < 1.29 is 23.1 Å². The minimum absolute atomic E-state index is 0.0231. The van der Waals surface area contributed by atoms with E-state index in [-0.39, 0.29) is 15.5 Å². The maximum Gasteiger partial charge on any atom is 0.335 e. The summed E-state index contributed by atoms with van der Waals surface area (Å²) in [5.41, 5.74) is 0.868. The summed E-state index contributed by atoms with van der Waals surface area (Å²) in [4.78, 5) is 10.9. The molecule has 0 aliphatic rings. The van der Waals surface area contributed by atoms with Gasteiger partial charge in [-0.3, -0.25) is 4.72 Å². The third-order valence-corrected chi connectivity index (χ3v) is 4.81. The Morgan fingerprint density at radius 3 is 2.43 bits per heavy atom. The lowest BCUT2D eigenvalue weighted by Crippen LogP contribution is -2.14. The molecule has 122 valence electrons. The third kappa shape index (κ3) is 3.75. The van der Waals surface area contributed by atoms with E-state index in [2.05, 4.69) is 4.72 Å². The molecule has 0 aromatic heterocycles. The topological polar surface area (TPSA) is 92.7 Å². The molecule has 0 saturated carbocycles. The van der Waals surface area contributed by atoms with Crippen LogP contribution in [0, 0.1) is 6.92 Å². The second-order valence-corrected chi connectivity index (χ2v) is 6.83. The summed E-state index contributed by atoms with van der Waals surface area (Å²) in [7, 11) is -2.42. The Morgan fingerprint density at radius 1 is 1.22 bits per heavy atom. The van der Waals surface area contributed by atoms with E-state index in [0.29, 0.717) is 17.0 Å². The van der Waals surface area contributed by atoms with Gasteiger partial charge in [-0.1, -0.05) is 11.6 Å². The molecule has 0 radical (unpaired) electrons. The van der Waals surface area contributed by atoms with Crippen LogP contribution in [0.1, 0.15) is 15.9 Å². The quantitative estimate of drug-likeness (QED) is 0.859. The number of hydrogen-bond donors (Lipinski definition) is 2. The van der Waals surface area contributed by atoms with Crippen LogP contribution < -0.4 is 9.46 Å². The predicted molar refractivity (Wildman–Crippen MR) is 87.0 cm³/mol. The van der Waals surface area contributed by atoms with Crippen LogP contribution in [0.5, 0.6) is 5.75 Å². The standard InChI is InChI=1S/C15H14ClNO5S/c1-9-7-10(15(18)19)3-5-13(9)17-23(20,21)11-4-6-14(22-2)12(16)8-11/h3-8,17H,1-2H3,(H,18,19). The van der Waals surface area contributed by atoms with Crippen LogP contribution >= 0.6 is 11.6 Å². The first-order valence-corrected chi connectivity index (χ1v) is 8.31. The summed E-state index contributed by atoms with van der Waals surface area (Å²) in [5, 5.41) is 9.10. The Morgan fingerprint density at radius 2 is 1.91 bits per heavy atom. The molecule has 2 N–H and O–H groups in total. The van der Waals surface area contributed by atoms with Gasteiger partial charge in [0.2, 0.25) is 0 Å². The molecule has 2 aromatic rings. The number of carboxylic acid groups (broad SMARTS) is 1. The highest BCUT2D eigenvalue weighted by Gasteiger charge is 2.17. The largest absolute Gasteiger partial charge is 0.495 e. The molecule has 0 saturated heterocycles. The molecule has 0 unspecified atom stereocenters. The van der Waals surface area contributed by atoms with Gasteiger partial charge in [0.25, 0.3) is 10.0 Å². The SMILES string of the molecule is COc1ccc(S(=O)(=O)Nc2ccc(C(=O)O)cc2C)cc1Cl. The monoisotopic (exact) mass is 355 g/mol. The fourth-order valence-corrected chi connectivity index (χ4v) is 3.41. The molecule has 6 nitrogen and oxygen atoms in total. The van der Waals surface area contributed by atoms with E-state index in [1.807, 2.05) is 0 Å². The summed E-state index contributed by atoms with van der Waals surface area (Å²) in [6.45, 7) is 1.62. The van der Waals surface area contributed by atoms with Crippen molar-refractivity contribution in [2.75, 3.05) is 11.8 Å². The van der Waals surface area contributed by atoms with Crippen molar-refractivity contribution in [1.82, 2.24) is 0 Å². The number of benzene rings is 2. The first-order valence-electron chi connectivity index (χ1n) is 6.45. The zero-order valence-corrected chi connectivity index (χ0v) is 13.9. The number of halogens is 1. The molecular formula is C15H14ClNO5S. The van der Waals surface area contributed by atoms with Crippen LogP contribution in [0.2, 0.25) is 5.02 Å². The van der Waals surface area contributed by atoms with E-state index in [4.69, 9.17) is 21.4 Å². The first kappa shape index (κ1) is 17.1. The van der Waals surface area contributed by atoms with E-state index in [0.717, 1.165) is 0 Å². The van der Waals surface area contributed by atoms with E-state index in [1.165, 1.54) is 43.5 Å². The number of hydrogen-bond acceptors (Lipinski definition) is 4. The Balaban J connectivity index is 2.35. The Hall–Kier alpha value is -2.25. The molecule has 0 bridgehead atoms.